The molecule has 0 amide bonds. The highest BCUT2D eigenvalue weighted by molar-refractivity contribution is 5.44. The van der Waals surface area contributed by atoms with E-state index in [9.17, 15) is 0 Å². The van der Waals surface area contributed by atoms with Crippen LogP contribution in [0.2, 0.25) is 0 Å². The Morgan fingerprint density at radius 3 is 2.67 bits per heavy atom. The zero-order valence-corrected chi connectivity index (χ0v) is 8.65. The average molecular weight is 205 g/mol. The Hall–Kier alpha value is -1.67. The van der Waals surface area contributed by atoms with Gasteiger partial charge in [-0.15, -0.1) is 5.10 Å². The van der Waals surface area contributed by atoms with Gasteiger partial charge in [0.05, 0.1) is 18.9 Å². The summed E-state index contributed by atoms with van der Waals surface area (Å²) in [4.78, 5) is 0. The van der Waals surface area contributed by atoms with E-state index in [2.05, 4.69) is 16.3 Å². The molecule has 0 spiro atoms. The van der Waals surface area contributed by atoms with Crippen molar-refractivity contribution < 1.29 is 9.47 Å². The van der Waals surface area contributed by atoms with Gasteiger partial charge >= 0.3 is 0 Å². The summed E-state index contributed by atoms with van der Waals surface area (Å²) in [6, 6.07) is 2.09. The lowest BCUT2D eigenvalue weighted by atomic mass is 10.1. The highest BCUT2D eigenvalue weighted by atomic mass is 16.6. The summed E-state index contributed by atoms with van der Waals surface area (Å²) in [7, 11) is 0. The molecule has 1 aliphatic rings. The summed E-state index contributed by atoms with van der Waals surface area (Å²) >= 11 is 0. The predicted octanol–water partition coefficient (Wildman–Crippen LogP) is 0.743. The summed E-state index contributed by atoms with van der Waals surface area (Å²) in [5.74, 6) is 0.314. The van der Waals surface area contributed by atoms with Crippen molar-refractivity contribution in [2.24, 2.45) is 0 Å². The Labute approximate surface area is 87.6 Å². The Bertz CT molecular complexity index is 421. The Kier molecular flexibility index (Phi) is 2.52. The first-order valence-corrected chi connectivity index (χ1v) is 4.70. The van der Waals surface area contributed by atoms with Crippen LogP contribution in [-0.2, 0) is 4.74 Å². The largest absolute Gasteiger partial charge is 0.467 e. The van der Waals surface area contributed by atoms with E-state index in [0.29, 0.717) is 24.7 Å². The highest BCUT2D eigenvalue weighted by Crippen LogP contribution is 2.21. The van der Waals surface area contributed by atoms with Gasteiger partial charge in [0.2, 0.25) is 0 Å². The molecule has 0 aromatic carbocycles. The van der Waals surface area contributed by atoms with Gasteiger partial charge in [-0.3, -0.25) is 0 Å². The van der Waals surface area contributed by atoms with Gasteiger partial charge in [0.15, 0.2) is 0 Å². The van der Waals surface area contributed by atoms with Crippen molar-refractivity contribution in [3.8, 4) is 11.9 Å². The minimum absolute atomic E-state index is 0.00788. The van der Waals surface area contributed by atoms with Crippen LogP contribution in [0.3, 0.4) is 0 Å². The molecular weight excluding hydrogens is 194 g/mol. The van der Waals surface area contributed by atoms with Crippen LogP contribution in [0.4, 0.5) is 0 Å². The van der Waals surface area contributed by atoms with Gasteiger partial charge < -0.3 is 9.47 Å². The van der Waals surface area contributed by atoms with Gasteiger partial charge in [-0.1, -0.05) is 0 Å². The maximum Gasteiger partial charge on any atom is 0.252 e. The molecule has 15 heavy (non-hydrogen) atoms. The highest BCUT2D eigenvalue weighted by Gasteiger charge is 2.23. The second kappa shape index (κ2) is 3.83. The topological polar surface area (TPSA) is 68.0 Å². The predicted molar refractivity (Wildman–Crippen MR) is 51.5 cm³/mol. The summed E-state index contributed by atoms with van der Waals surface area (Å²) in [5.41, 5.74) is 2.04. The molecule has 2 heterocycles. The van der Waals surface area contributed by atoms with Crippen molar-refractivity contribution in [3.05, 3.63) is 16.8 Å². The van der Waals surface area contributed by atoms with Crippen molar-refractivity contribution in [1.29, 1.82) is 5.26 Å². The fraction of sp³-hybridized carbons (Fsp3) is 0.500. The number of aromatic nitrogens is 2. The molecule has 0 aliphatic carbocycles. The smallest absolute Gasteiger partial charge is 0.252 e. The van der Waals surface area contributed by atoms with Gasteiger partial charge in [-0.2, -0.15) is 10.4 Å². The van der Waals surface area contributed by atoms with Crippen molar-refractivity contribution in [2.45, 2.75) is 20.0 Å². The van der Waals surface area contributed by atoms with Gasteiger partial charge in [0, 0.05) is 0 Å². The van der Waals surface area contributed by atoms with Crippen molar-refractivity contribution in [1.82, 2.24) is 10.2 Å². The zero-order chi connectivity index (χ0) is 10.8. The van der Waals surface area contributed by atoms with Crippen molar-refractivity contribution in [2.75, 3.05) is 13.2 Å². The molecule has 78 valence electrons. The standard InChI is InChI=1S/C10H11N3O2/c1-6-7(2)12-13-10(9(6)3-11)15-8-4-14-5-8/h8H,4-5H2,1-2H3. The quantitative estimate of drug-likeness (QED) is 0.712. The third-order valence-corrected chi connectivity index (χ3v) is 2.42. The number of nitriles is 1. The van der Waals surface area contributed by atoms with E-state index in [1.54, 1.807) is 0 Å². The minimum Gasteiger partial charge on any atom is -0.467 e. The number of nitrogens with zero attached hydrogens (tertiary/aromatic N) is 3. The van der Waals surface area contributed by atoms with Crippen LogP contribution in [-0.4, -0.2) is 29.5 Å². The molecule has 1 aromatic rings. The molecule has 1 fully saturated rings. The van der Waals surface area contributed by atoms with E-state index in [1.807, 2.05) is 13.8 Å². The molecule has 0 unspecified atom stereocenters. The van der Waals surface area contributed by atoms with E-state index in [-0.39, 0.29) is 6.10 Å². The number of hydrogen-bond acceptors (Lipinski definition) is 5. The average Bonchev–Trinajstić information content (AvgIpc) is 2.17. The summed E-state index contributed by atoms with van der Waals surface area (Å²) in [6.45, 7) is 4.77. The molecule has 0 atom stereocenters. The number of hydrogen-bond donors (Lipinski definition) is 0. The van der Waals surface area contributed by atoms with Gasteiger partial charge in [0.25, 0.3) is 5.88 Å². The third kappa shape index (κ3) is 1.76. The monoisotopic (exact) mass is 205 g/mol. The van der Waals surface area contributed by atoms with Crippen LogP contribution in [0.15, 0.2) is 0 Å². The maximum atomic E-state index is 9.00. The van der Waals surface area contributed by atoms with E-state index in [1.165, 1.54) is 0 Å². The molecule has 2 rings (SSSR count). The van der Waals surface area contributed by atoms with Gasteiger partial charge in [-0.25, -0.2) is 0 Å². The Morgan fingerprint density at radius 1 is 1.40 bits per heavy atom. The molecule has 0 N–H and O–H groups in total. The van der Waals surface area contributed by atoms with Crippen LogP contribution in [0.1, 0.15) is 16.8 Å². The van der Waals surface area contributed by atoms with Crippen LogP contribution in [0.5, 0.6) is 5.88 Å². The van der Waals surface area contributed by atoms with Gasteiger partial charge in [0.1, 0.15) is 17.7 Å². The van der Waals surface area contributed by atoms with Gasteiger partial charge in [-0.05, 0) is 19.4 Å². The molecule has 1 aliphatic heterocycles. The SMILES string of the molecule is Cc1nnc(OC2COC2)c(C#N)c1C. The maximum absolute atomic E-state index is 9.00. The molecule has 0 radical (unpaired) electrons. The fourth-order valence-corrected chi connectivity index (χ4v) is 1.24. The molecule has 0 saturated carbocycles. The first-order chi connectivity index (χ1) is 7.22. The lowest BCUT2D eigenvalue weighted by molar-refractivity contribution is -0.0817. The Balaban J connectivity index is 2.30. The Morgan fingerprint density at radius 2 is 2.13 bits per heavy atom. The van der Waals surface area contributed by atoms with Crippen LogP contribution in [0, 0.1) is 25.2 Å². The minimum atomic E-state index is 0.00788. The van der Waals surface area contributed by atoms with E-state index >= 15 is 0 Å². The number of rotatable bonds is 2. The lowest BCUT2D eigenvalue weighted by Gasteiger charge is -2.26. The number of aryl methyl sites for hydroxylation is 1. The lowest BCUT2D eigenvalue weighted by Crippen LogP contribution is -2.39. The molecule has 1 saturated heterocycles. The van der Waals surface area contributed by atoms with Crippen LogP contribution < -0.4 is 4.74 Å². The first kappa shape index (κ1) is 9.87. The normalized spacial score (nSPS) is 15.5. The first-order valence-electron chi connectivity index (χ1n) is 4.70. The molecule has 1 aromatic heterocycles. The summed E-state index contributed by atoms with van der Waals surface area (Å²) < 4.78 is 10.5. The van der Waals surface area contributed by atoms with E-state index in [0.717, 1.165) is 11.3 Å². The molecule has 0 bridgehead atoms. The van der Waals surface area contributed by atoms with Crippen LogP contribution >= 0.6 is 0 Å². The fourth-order valence-electron chi connectivity index (χ4n) is 1.24. The van der Waals surface area contributed by atoms with Crippen molar-refractivity contribution in [3.63, 3.8) is 0 Å². The molecule has 5 nitrogen and oxygen atoms in total. The molecular formula is C10H11N3O2. The zero-order valence-electron chi connectivity index (χ0n) is 8.65. The number of ether oxygens (including phenoxy) is 2. The summed E-state index contributed by atoms with van der Waals surface area (Å²) in [5, 5.41) is 16.8. The van der Waals surface area contributed by atoms with Crippen molar-refractivity contribution >= 4 is 0 Å². The second-order valence-electron chi connectivity index (χ2n) is 3.48. The summed E-state index contributed by atoms with van der Waals surface area (Å²) in [6.07, 6.45) is 0.00788. The van der Waals surface area contributed by atoms with Crippen LogP contribution in [0.25, 0.3) is 0 Å². The van der Waals surface area contributed by atoms with E-state index in [4.69, 9.17) is 14.7 Å². The molecule has 5 heteroatoms. The van der Waals surface area contributed by atoms with E-state index < -0.39 is 0 Å². The third-order valence-electron chi connectivity index (χ3n) is 2.42. The second-order valence-corrected chi connectivity index (χ2v) is 3.48.